The van der Waals surface area contributed by atoms with Crippen molar-refractivity contribution in [2.45, 2.75) is 40.5 Å². The summed E-state index contributed by atoms with van der Waals surface area (Å²) in [5, 5.41) is 5.35. The zero-order chi connectivity index (χ0) is 17.4. The van der Waals surface area contributed by atoms with Gasteiger partial charge in [0.05, 0.1) is 0 Å². The van der Waals surface area contributed by atoms with Gasteiger partial charge in [-0.15, -0.1) is 0 Å². The lowest BCUT2D eigenvalue weighted by atomic mass is 9.89. The molecular weight excluding hydrogens is 290 g/mol. The monoisotopic (exact) mass is 315 g/mol. The Labute approximate surface area is 137 Å². The molecule has 0 aliphatic heterocycles. The minimum Gasteiger partial charge on any atom is -0.382 e. The van der Waals surface area contributed by atoms with Crippen LogP contribution in [0.3, 0.4) is 0 Å². The largest absolute Gasteiger partial charge is 0.382 e. The van der Waals surface area contributed by atoms with Crippen LogP contribution in [0.5, 0.6) is 0 Å². The lowest BCUT2D eigenvalue weighted by Gasteiger charge is -2.15. The van der Waals surface area contributed by atoms with Crippen molar-refractivity contribution in [1.29, 1.82) is 0 Å². The molecule has 0 bridgehead atoms. The van der Waals surface area contributed by atoms with E-state index >= 15 is 0 Å². The number of fused-ring (bicyclic) bond motifs is 1. The number of nitrogens with two attached hydrogens (primary N) is 1. The minimum absolute atomic E-state index is 0.162. The molecule has 0 saturated heterocycles. The molecule has 0 saturated carbocycles. The van der Waals surface area contributed by atoms with E-state index in [1.165, 1.54) is 17.3 Å². The second-order valence-electron chi connectivity index (χ2n) is 7.01. The van der Waals surface area contributed by atoms with Crippen molar-refractivity contribution in [3.8, 4) is 0 Å². The van der Waals surface area contributed by atoms with Crippen LogP contribution in [-0.2, 0) is 17.6 Å². The highest BCUT2D eigenvalue weighted by Gasteiger charge is 2.33. The van der Waals surface area contributed by atoms with Crippen LogP contribution < -0.4 is 16.4 Å². The fourth-order valence-corrected chi connectivity index (χ4v) is 3.36. The van der Waals surface area contributed by atoms with E-state index in [0.29, 0.717) is 5.56 Å². The number of benzene rings is 1. The number of aryl methyl sites for hydroxylation is 2. The van der Waals surface area contributed by atoms with Gasteiger partial charge >= 0.3 is 0 Å². The summed E-state index contributed by atoms with van der Waals surface area (Å²) in [7, 11) is 1.58. The molecular formula is C18H25N3O2. The number of nitrogens with one attached hydrogen (secondary N) is 2. The Morgan fingerprint density at radius 3 is 2.35 bits per heavy atom. The lowest BCUT2D eigenvalue weighted by molar-refractivity contribution is -0.114. The summed E-state index contributed by atoms with van der Waals surface area (Å²) in [6.07, 6.45) is 3.19. The Balaban J connectivity index is 2.40. The highest BCUT2D eigenvalue weighted by atomic mass is 16.2. The normalized spacial score (nSPS) is 16.0. The molecule has 0 heterocycles. The smallest absolute Gasteiger partial charge is 0.266 e. The summed E-state index contributed by atoms with van der Waals surface area (Å²) in [6.45, 7) is 8.48. The minimum atomic E-state index is -0.611. The van der Waals surface area contributed by atoms with Gasteiger partial charge in [0.2, 0.25) is 0 Å². The van der Waals surface area contributed by atoms with Crippen LogP contribution in [0.4, 0.5) is 0 Å². The van der Waals surface area contributed by atoms with Crippen LogP contribution in [0.2, 0.25) is 0 Å². The van der Waals surface area contributed by atoms with Crippen LogP contribution >= 0.6 is 0 Å². The quantitative estimate of drug-likeness (QED) is 0.740. The van der Waals surface area contributed by atoms with Crippen LogP contribution in [0, 0.1) is 19.3 Å². The first-order chi connectivity index (χ1) is 10.7. The van der Waals surface area contributed by atoms with Gasteiger partial charge in [-0.3, -0.25) is 9.59 Å². The Kier molecular flexibility index (Phi) is 4.50. The average molecular weight is 315 g/mol. The lowest BCUT2D eigenvalue weighted by Crippen LogP contribution is -2.28. The number of hydrogen-bond acceptors (Lipinski definition) is 3. The van der Waals surface area contributed by atoms with Gasteiger partial charge in [0.1, 0.15) is 5.70 Å². The molecule has 1 aromatic carbocycles. The fourth-order valence-electron chi connectivity index (χ4n) is 3.36. The third-order valence-electron chi connectivity index (χ3n) is 4.39. The Morgan fingerprint density at radius 2 is 1.78 bits per heavy atom. The molecule has 23 heavy (non-hydrogen) atoms. The van der Waals surface area contributed by atoms with Gasteiger partial charge in [0, 0.05) is 18.8 Å². The van der Waals surface area contributed by atoms with Crippen LogP contribution in [0.15, 0.2) is 18.0 Å². The summed E-state index contributed by atoms with van der Waals surface area (Å²) in [6, 6.07) is 2.06. The highest BCUT2D eigenvalue weighted by molar-refractivity contribution is 5.99. The fraction of sp³-hybridized carbons (Fsp3) is 0.444. The first-order valence-corrected chi connectivity index (χ1v) is 7.77. The van der Waals surface area contributed by atoms with Crippen molar-refractivity contribution in [3.63, 3.8) is 0 Å². The zero-order valence-corrected chi connectivity index (χ0v) is 14.5. The van der Waals surface area contributed by atoms with E-state index in [0.717, 1.165) is 24.0 Å². The van der Waals surface area contributed by atoms with Crippen LogP contribution in [0.1, 0.15) is 46.5 Å². The Bertz CT molecular complexity index is 703. The number of amides is 2. The predicted octanol–water partition coefficient (Wildman–Crippen LogP) is 1.70. The van der Waals surface area contributed by atoms with E-state index in [4.69, 9.17) is 5.73 Å². The topological polar surface area (TPSA) is 84.2 Å². The van der Waals surface area contributed by atoms with Gasteiger partial charge < -0.3 is 16.4 Å². The molecule has 0 atom stereocenters. The molecule has 5 heteroatoms. The number of primary amides is 1. The molecule has 1 aromatic rings. The van der Waals surface area contributed by atoms with Crippen molar-refractivity contribution in [3.05, 3.63) is 45.8 Å². The van der Waals surface area contributed by atoms with E-state index in [2.05, 4.69) is 37.5 Å². The number of rotatable bonds is 4. The van der Waals surface area contributed by atoms with Gasteiger partial charge in [0.25, 0.3) is 11.8 Å². The third kappa shape index (κ3) is 3.38. The van der Waals surface area contributed by atoms with Crippen molar-refractivity contribution in [1.82, 2.24) is 10.6 Å². The SMILES string of the molecule is CN/C(=C\NC(=O)c1c(C)cc(C)c2c1CC(C)(C)C2)C(N)=O. The molecule has 1 aliphatic rings. The van der Waals surface area contributed by atoms with Gasteiger partial charge in [0.15, 0.2) is 0 Å². The summed E-state index contributed by atoms with van der Waals surface area (Å²) in [5.41, 5.74) is 10.9. The van der Waals surface area contributed by atoms with E-state index in [1.807, 2.05) is 6.92 Å². The molecule has 5 nitrogen and oxygen atoms in total. The second-order valence-corrected chi connectivity index (χ2v) is 7.01. The van der Waals surface area contributed by atoms with Gasteiger partial charge in [-0.1, -0.05) is 19.9 Å². The predicted molar refractivity (Wildman–Crippen MR) is 90.9 cm³/mol. The first kappa shape index (κ1) is 17.1. The molecule has 4 N–H and O–H groups in total. The van der Waals surface area contributed by atoms with E-state index in [9.17, 15) is 9.59 Å². The maximum absolute atomic E-state index is 12.7. The zero-order valence-electron chi connectivity index (χ0n) is 14.5. The number of likely N-dealkylation sites (N-methyl/N-ethyl adjacent to an activating group) is 1. The molecule has 0 spiro atoms. The molecule has 2 rings (SSSR count). The highest BCUT2D eigenvalue weighted by Crippen LogP contribution is 2.40. The van der Waals surface area contributed by atoms with Crippen molar-refractivity contribution in [2.24, 2.45) is 11.1 Å². The molecule has 0 unspecified atom stereocenters. The molecule has 124 valence electrons. The number of hydrogen-bond donors (Lipinski definition) is 3. The van der Waals surface area contributed by atoms with Crippen molar-refractivity contribution < 1.29 is 9.59 Å². The third-order valence-corrected chi connectivity index (χ3v) is 4.39. The Morgan fingerprint density at radius 1 is 1.17 bits per heavy atom. The second kappa shape index (κ2) is 6.07. The van der Waals surface area contributed by atoms with Crippen molar-refractivity contribution in [2.75, 3.05) is 7.05 Å². The molecule has 0 aromatic heterocycles. The van der Waals surface area contributed by atoms with E-state index in [1.54, 1.807) is 7.05 Å². The van der Waals surface area contributed by atoms with Crippen LogP contribution in [0.25, 0.3) is 0 Å². The number of carbonyl (C=O) groups is 2. The molecule has 2 amide bonds. The summed E-state index contributed by atoms with van der Waals surface area (Å²) < 4.78 is 0. The van der Waals surface area contributed by atoms with Gasteiger partial charge in [-0.05, 0) is 54.4 Å². The van der Waals surface area contributed by atoms with Crippen molar-refractivity contribution >= 4 is 11.8 Å². The summed E-state index contributed by atoms with van der Waals surface area (Å²) in [4.78, 5) is 23.9. The van der Waals surface area contributed by atoms with E-state index < -0.39 is 5.91 Å². The first-order valence-electron chi connectivity index (χ1n) is 7.77. The van der Waals surface area contributed by atoms with E-state index in [-0.39, 0.29) is 17.0 Å². The Hall–Kier alpha value is -2.30. The maximum atomic E-state index is 12.7. The molecule has 1 aliphatic carbocycles. The standard InChI is InChI=1S/C18H25N3O2/c1-10-6-11(2)15(13-8-18(3,4)7-12(10)13)17(23)21-9-14(20-5)16(19)22/h6,9,20H,7-8H2,1-5H3,(H2,19,22)(H,21,23)/b14-9-. The average Bonchev–Trinajstić information content (AvgIpc) is 2.74. The molecule has 0 fully saturated rings. The molecule has 0 radical (unpaired) electrons. The number of carbonyl (C=O) groups excluding carboxylic acids is 2. The summed E-state index contributed by atoms with van der Waals surface area (Å²) >= 11 is 0. The van der Waals surface area contributed by atoms with Gasteiger partial charge in [-0.25, -0.2) is 0 Å². The maximum Gasteiger partial charge on any atom is 0.266 e. The summed E-state index contributed by atoms with van der Waals surface area (Å²) in [5.74, 6) is -0.815. The van der Waals surface area contributed by atoms with Crippen LogP contribution in [-0.4, -0.2) is 18.9 Å². The van der Waals surface area contributed by atoms with Gasteiger partial charge in [-0.2, -0.15) is 0 Å².